The highest BCUT2D eigenvalue weighted by Gasteiger charge is 2.19. The number of aromatic nitrogens is 5. The Labute approximate surface area is 202 Å². The lowest BCUT2D eigenvalue weighted by molar-refractivity contribution is 0.0533. The fourth-order valence-corrected chi connectivity index (χ4v) is 3.25. The first-order chi connectivity index (χ1) is 16.5. The number of rotatable bonds is 8. The number of carbonyl (C=O) groups excluding carboxylic acids is 2. The molecule has 0 unspecified atom stereocenters. The topological polar surface area (TPSA) is 153 Å². The summed E-state index contributed by atoms with van der Waals surface area (Å²) in [6, 6.07) is 3.07. The number of pyridine rings is 1. The number of allylic oxidation sites excluding steroid dienone is 1. The number of aromatic carboxylic acids is 1. The summed E-state index contributed by atoms with van der Waals surface area (Å²) in [7, 11) is 0. The Bertz CT molecular complexity index is 1280. The SMILES string of the molecule is CCn1nc(C)cc1C(=O)Nc1nc2cc(C(=O)O)cnc2n1CC=CCNC(=O)OC(C)(C)C. The van der Waals surface area contributed by atoms with Crippen LogP contribution in [0.2, 0.25) is 0 Å². The van der Waals surface area contributed by atoms with E-state index in [1.807, 2.05) is 6.92 Å². The molecule has 3 heterocycles. The average Bonchev–Trinajstić information content (AvgIpc) is 3.31. The molecule has 0 radical (unpaired) electrons. The molecular formula is C23H29N7O5. The number of carbonyl (C=O) groups is 3. The molecule has 2 amide bonds. The van der Waals surface area contributed by atoms with Crippen molar-refractivity contribution in [3.8, 4) is 0 Å². The van der Waals surface area contributed by atoms with Crippen molar-refractivity contribution in [3.05, 3.63) is 47.4 Å². The van der Waals surface area contributed by atoms with Crippen LogP contribution in [-0.4, -0.2) is 59.5 Å². The van der Waals surface area contributed by atoms with Gasteiger partial charge in [-0.15, -0.1) is 0 Å². The van der Waals surface area contributed by atoms with Crippen molar-refractivity contribution in [2.45, 2.75) is 53.3 Å². The van der Waals surface area contributed by atoms with Crippen LogP contribution in [0.1, 0.15) is 54.2 Å². The third-order valence-corrected chi connectivity index (χ3v) is 4.71. The molecule has 12 nitrogen and oxygen atoms in total. The zero-order chi connectivity index (χ0) is 25.8. The fraction of sp³-hybridized carbons (Fsp3) is 0.391. The number of nitrogens with one attached hydrogen (secondary N) is 2. The van der Waals surface area contributed by atoms with Crippen LogP contribution >= 0.6 is 0 Å². The predicted octanol–water partition coefficient (Wildman–Crippen LogP) is 2.99. The van der Waals surface area contributed by atoms with Crippen molar-refractivity contribution in [3.63, 3.8) is 0 Å². The first-order valence-electron chi connectivity index (χ1n) is 11.1. The Kier molecular flexibility index (Phi) is 7.52. The van der Waals surface area contributed by atoms with Gasteiger partial charge < -0.3 is 15.2 Å². The first-order valence-corrected chi connectivity index (χ1v) is 11.1. The minimum Gasteiger partial charge on any atom is -0.478 e. The second-order valence-corrected chi connectivity index (χ2v) is 8.71. The van der Waals surface area contributed by atoms with Crippen molar-refractivity contribution in [1.29, 1.82) is 0 Å². The molecule has 3 aromatic heterocycles. The van der Waals surface area contributed by atoms with Gasteiger partial charge in [0.15, 0.2) is 5.65 Å². The molecule has 35 heavy (non-hydrogen) atoms. The molecule has 0 spiro atoms. The Morgan fingerprint density at radius 2 is 1.94 bits per heavy atom. The summed E-state index contributed by atoms with van der Waals surface area (Å²) in [5.74, 6) is -1.33. The molecule has 3 N–H and O–H groups in total. The van der Waals surface area contributed by atoms with E-state index in [4.69, 9.17) is 4.74 Å². The van der Waals surface area contributed by atoms with Gasteiger partial charge in [0.2, 0.25) is 5.95 Å². The third kappa shape index (κ3) is 6.43. The standard InChI is InChI=1S/C23H29N7O5/c1-6-30-17(11-14(2)28-30)19(31)27-21-26-16-12-15(20(32)33)13-25-18(16)29(21)10-8-7-9-24-22(34)35-23(3,4)5/h7-8,11-13H,6,9-10H2,1-5H3,(H,24,34)(H,32,33)(H,26,27,31). The van der Waals surface area contributed by atoms with Crippen molar-refractivity contribution in [2.75, 3.05) is 11.9 Å². The third-order valence-electron chi connectivity index (χ3n) is 4.71. The summed E-state index contributed by atoms with van der Waals surface area (Å²) in [5, 5.41) is 19.0. The molecular weight excluding hydrogens is 454 g/mol. The lowest BCUT2D eigenvalue weighted by Gasteiger charge is -2.19. The van der Waals surface area contributed by atoms with E-state index in [9.17, 15) is 19.5 Å². The van der Waals surface area contributed by atoms with Crippen LogP contribution < -0.4 is 10.6 Å². The zero-order valence-corrected chi connectivity index (χ0v) is 20.3. The fourth-order valence-electron chi connectivity index (χ4n) is 3.25. The van der Waals surface area contributed by atoms with Gasteiger partial charge in [0.1, 0.15) is 16.8 Å². The number of imidazole rings is 1. The molecule has 0 fully saturated rings. The van der Waals surface area contributed by atoms with E-state index in [2.05, 4.69) is 25.7 Å². The van der Waals surface area contributed by atoms with E-state index in [1.165, 1.54) is 12.3 Å². The monoisotopic (exact) mass is 483 g/mol. The van der Waals surface area contributed by atoms with E-state index in [0.717, 1.165) is 0 Å². The highest BCUT2D eigenvalue weighted by molar-refractivity contribution is 6.03. The number of carboxylic acid groups (broad SMARTS) is 1. The van der Waals surface area contributed by atoms with Crippen LogP contribution in [0, 0.1) is 6.92 Å². The number of hydrogen-bond acceptors (Lipinski definition) is 7. The minimum atomic E-state index is -1.13. The van der Waals surface area contributed by atoms with Gasteiger partial charge in [0.05, 0.1) is 11.3 Å². The van der Waals surface area contributed by atoms with Gasteiger partial charge in [-0.05, 0) is 46.8 Å². The van der Waals surface area contributed by atoms with Crippen LogP contribution in [0.5, 0.6) is 0 Å². The predicted molar refractivity (Wildman–Crippen MR) is 128 cm³/mol. The number of nitrogens with zero attached hydrogens (tertiary/aromatic N) is 5. The molecule has 3 aromatic rings. The van der Waals surface area contributed by atoms with Crippen LogP contribution in [0.15, 0.2) is 30.5 Å². The van der Waals surface area contributed by atoms with E-state index >= 15 is 0 Å². The summed E-state index contributed by atoms with van der Waals surface area (Å²) in [6.45, 7) is 10.0. The van der Waals surface area contributed by atoms with Crippen LogP contribution in [0.3, 0.4) is 0 Å². The van der Waals surface area contributed by atoms with E-state index in [1.54, 1.807) is 55.2 Å². The number of aryl methyl sites for hydroxylation is 2. The Balaban J connectivity index is 1.83. The molecule has 0 aliphatic heterocycles. The van der Waals surface area contributed by atoms with Gasteiger partial charge in [-0.1, -0.05) is 12.2 Å². The quantitative estimate of drug-likeness (QED) is 0.413. The van der Waals surface area contributed by atoms with Crippen molar-refractivity contribution in [2.24, 2.45) is 0 Å². The lowest BCUT2D eigenvalue weighted by Crippen LogP contribution is -2.32. The number of amides is 2. The van der Waals surface area contributed by atoms with Gasteiger partial charge in [0, 0.05) is 25.8 Å². The van der Waals surface area contributed by atoms with Gasteiger partial charge in [0.25, 0.3) is 5.91 Å². The molecule has 0 aliphatic carbocycles. The number of hydrogen-bond donors (Lipinski definition) is 3. The second kappa shape index (κ2) is 10.4. The Morgan fingerprint density at radius 3 is 2.60 bits per heavy atom. The number of alkyl carbamates (subject to hydrolysis) is 1. The molecule has 186 valence electrons. The summed E-state index contributed by atoms with van der Waals surface area (Å²) in [5.41, 5.74) is 1.19. The number of anilines is 1. The van der Waals surface area contributed by atoms with E-state index < -0.39 is 23.6 Å². The van der Waals surface area contributed by atoms with Crippen LogP contribution in [0.25, 0.3) is 11.2 Å². The van der Waals surface area contributed by atoms with Crippen molar-refractivity contribution in [1.82, 2.24) is 29.6 Å². The molecule has 0 bridgehead atoms. The molecule has 12 heteroatoms. The number of ether oxygens (including phenoxy) is 1. The number of carboxylic acids is 1. The summed E-state index contributed by atoms with van der Waals surface area (Å²) < 4.78 is 8.42. The van der Waals surface area contributed by atoms with Crippen molar-refractivity contribution >= 4 is 35.1 Å². The van der Waals surface area contributed by atoms with E-state index in [0.29, 0.717) is 29.1 Å². The molecule has 0 atom stereocenters. The highest BCUT2D eigenvalue weighted by Crippen LogP contribution is 2.20. The lowest BCUT2D eigenvalue weighted by atomic mass is 10.2. The average molecular weight is 484 g/mol. The normalized spacial score (nSPS) is 11.7. The van der Waals surface area contributed by atoms with Gasteiger partial charge >= 0.3 is 12.1 Å². The second-order valence-electron chi connectivity index (χ2n) is 8.71. The molecule has 0 saturated carbocycles. The molecule has 0 aromatic carbocycles. The molecule has 0 aliphatic rings. The van der Waals surface area contributed by atoms with Gasteiger partial charge in [-0.25, -0.2) is 19.6 Å². The highest BCUT2D eigenvalue weighted by atomic mass is 16.6. The van der Waals surface area contributed by atoms with Gasteiger partial charge in [-0.2, -0.15) is 5.10 Å². The molecule has 3 rings (SSSR count). The van der Waals surface area contributed by atoms with Crippen LogP contribution in [-0.2, 0) is 17.8 Å². The Hall–Kier alpha value is -4.22. The summed E-state index contributed by atoms with van der Waals surface area (Å²) >= 11 is 0. The minimum absolute atomic E-state index is 0.0168. The van der Waals surface area contributed by atoms with Crippen molar-refractivity contribution < 1.29 is 24.2 Å². The maximum Gasteiger partial charge on any atom is 0.407 e. The summed E-state index contributed by atoms with van der Waals surface area (Å²) in [4.78, 5) is 44.7. The molecule has 0 saturated heterocycles. The van der Waals surface area contributed by atoms with Gasteiger partial charge in [-0.3, -0.25) is 19.4 Å². The summed E-state index contributed by atoms with van der Waals surface area (Å²) in [6.07, 6.45) is 4.19. The smallest absolute Gasteiger partial charge is 0.407 e. The first kappa shape index (κ1) is 25.4. The van der Waals surface area contributed by atoms with E-state index in [-0.39, 0.29) is 24.6 Å². The number of fused-ring (bicyclic) bond motifs is 1. The zero-order valence-electron chi connectivity index (χ0n) is 20.3. The van der Waals surface area contributed by atoms with Crippen LogP contribution in [0.4, 0.5) is 10.7 Å². The maximum absolute atomic E-state index is 13.0. The Morgan fingerprint density at radius 1 is 1.20 bits per heavy atom. The maximum atomic E-state index is 13.0. The largest absolute Gasteiger partial charge is 0.478 e.